The SMILES string of the molecule is NCc1[nH]cc([N+](=O)[O-])c(=O)c1OC(F)(F)F. The van der Waals surface area contributed by atoms with Crippen LogP contribution in [0.3, 0.4) is 0 Å². The average Bonchev–Trinajstić information content (AvgIpc) is 2.18. The lowest BCUT2D eigenvalue weighted by molar-refractivity contribution is -0.386. The zero-order chi connectivity index (χ0) is 13.2. The first-order valence-corrected chi connectivity index (χ1v) is 4.11. The minimum Gasteiger partial charge on any atom is -0.399 e. The van der Waals surface area contributed by atoms with Crippen LogP contribution in [0, 0.1) is 10.1 Å². The van der Waals surface area contributed by atoms with Crippen molar-refractivity contribution >= 4 is 5.69 Å². The molecule has 0 aliphatic rings. The number of alkyl halides is 3. The van der Waals surface area contributed by atoms with Crippen LogP contribution in [-0.2, 0) is 6.54 Å². The quantitative estimate of drug-likeness (QED) is 0.606. The predicted molar refractivity (Wildman–Crippen MR) is 48.3 cm³/mol. The largest absolute Gasteiger partial charge is 0.573 e. The van der Waals surface area contributed by atoms with Crippen LogP contribution >= 0.6 is 0 Å². The molecule has 0 saturated carbocycles. The maximum Gasteiger partial charge on any atom is 0.573 e. The van der Waals surface area contributed by atoms with Crippen molar-refractivity contribution in [2.24, 2.45) is 5.73 Å². The average molecular weight is 253 g/mol. The molecule has 0 aromatic carbocycles. The molecule has 0 spiro atoms. The molecule has 0 amide bonds. The molecule has 7 nitrogen and oxygen atoms in total. The fourth-order valence-corrected chi connectivity index (χ4v) is 1.05. The van der Waals surface area contributed by atoms with Gasteiger partial charge in [-0.25, -0.2) is 0 Å². The molecule has 0 saturated heterocycles. The fourth-order valence-electron chi connectivity index (χ4n) is 1.05. The Bertz CT molecular complexity index is 496. The number of ether oxygens (including phenoxy) is 1. The third-order valence-corrected chi connectivity index (χ3v) is 1.71. The van der Waals surface area contributed by atoms with Crippen molar-refractivity contribution in [1.82, 2.24) is 4.98 Å². The van der Waals surface area contributed by atoms with Crippen molar-refractivity contribution in [3.63, 3.8) is 0 Å². The Balaban J connectivity index is 3.38. The molecular weight excluding hydrogens is 247 g/mol. The smallest absolute Gasteiger partial charge is 0.399 e. The van der Waals surface area contributed by atoms with Crippen molar-refractivity contribution < 1.29 is 22.8 Å². The van der Waals surface area contributed by atoms with Gasteiger partial charge in [0.1, 0.15) is 0 Å². The zero-order valence-electron chi connectivity index (χ0n) is 8.08. The molecule has 0 fully saturated rings. The van der Waals surface area contributed by atoms with Crippen molar-refractivity contribution in [2.45, 2.75) is 12.9 Å². The van der Waals surface area contributed by atoms with Crippen LogP contribution in [0.5, 0.6) is 5.75 Å². The van der Waals surface area contributed by atoms with Gasteiger partial charge < -0.3 is 15.5 Å². The molecule has 0 unspecified atom stereocenters. The highest BCUT2D eigenvalue weighted by Gasteiger charge is 2.35. The number of nitrogens with one attached hydrogen (secondary N) is 1. The van der Waals surface area contributed by atoms with E-state index in [0.29, 0.717) is 6.20 Å². The lowest BCUT2D eigenvalue weighted by Gasteiger charge is -2.10. The Kier molecular flexibility index (Phi) is 3.36. The summed E-state index contributed by atoms with van der Waals surface area (Å²) in [5, 5.41) is 10.4. The lowest BCUT2D eigenvalue weighted by atomic mass is 10.3. The number of hydrogen-bond donors (Lipinski definition) is 2. The highest BCUT2D eigenvalue weighted by atomic mass is 19.4. The summed E-state index contributed by atoms with van der Waals surface area (Å²) in [5.41, 5.74) is 2.17. The molecular formula is C7H6F3N3O4. The predicted octanol–water partition coefficient (Wildman–Crippen LogP) is 0.640. The maximum absolute atomic E-state index is 12.0. The maximum atomic E-state index is 12.0. The van der Waals surface area contributed by atoms with Gasteiger partial charge in [0.05, 0.1) is 16.8 Å². The summed E-state index contributed by atoms with van der Waals surface area (Å²) < 4.78 is 39.4. The van der Waals surface area contributed by atoms with Crippen molar-refractivity contribution in [1.29, 1.82) is 0 Å². The summed E-state index contributed by atoms with van der Waals surface area (Å²) in [5.74, 6) is -1.21. The van der Waals surface area contributed by atoms with Gasteiger partial charge in [0.25, 0.3) is 0 Å². The van der Waals surface area contributed by atoms with Gasteiger partial charge >= 0.3 is 17.5 Å². The molecule has 10 heteroatoms. The zero-order valence-corrected chi connectivity index (χ0v) is 8.08. The normalized spacial score (nSPS) is 11.3. The van der Waals surface area contributed by atoms with Crippen molar-refractivity contribution in [3.05, 3.63) is 32.2 Å². The molecule has 94 valence electrons. The summed E-state index contributed by atoms with van der Waals surface area (Å²) in [6, 6.07) is 0. The second-order valence-electron chi connectivity index (χ2n) is 2.82. The van der Waals surface area contributed by atoms with Gasteiger partial charge in [-0.15, -0.1) is 13.2 Å². The Morgan fingerprint density at radius 3 is 2.53 bits per heavy atom. The molecule has 3 N–H and O–H groups in total. The van der Waals surface area contributed by atoms with Gasteiger partial charge in [-0.05, 0) is 0 Å². The molecule has 0 aliphatic heterocycles. The number of nitro groups is 1. The van der Waals surface area contributed by atoms with E-state index in [1.165, 1.54) is 0 Å². The van der Waals surface area contributed by atoms with E-state index in [4.69, 9.17) is 5.73 Å². The Hall–Kier alpha value is -2.10. The first-order chi connectivity index (χ1) is 7.76. The number of rotatable bonds is 3. The molecule has 17 heavy (non-hydrogen) atoms. The number of halogens is 3. The highest BCUT2D eigenvalue weighted by Crippen LogP contribution is 2.23. The molecule has 0 atom stereocenters. The van der Waals surface area contributed by atoms with Crippen LogP contribution in [0.1, 0.15) is 5.69 Å². The van der Waals surface area contributed by atoms with Gasteiger partial charge in [-0.3, -0.25) is 14.9 Å². The second-order valence-corrected chi connectivity index (χ2v) is 2.82. The monoisotopic (exact) mass is 253 g/mol. The Labute approximate surface area is 91.1 Å². The Morgan fingerprint density at radius 1 is 1.53 bits per heavy atom. The van der Waals surface area contributed by atoms with Gasteiger partial charge in [0.2, 0.25) is 5.75 Å². The number of hydrogen-bond acceptors (Lipinski definition) is 5. The van der Waals surface area contributed by atoms with Crippen molar-refractivity contribution in [3.8, 4) is 5.75 Å². The first kappa shape index (κ1) is 13.0. The number of aromatic amines is 1. The molecule has 0 bridgehead atoms. The van der Waals surface area contributed by atoms with Crippen molar-refractivity contribution in [2.75, 3.05) is 0 Å². The van der Waals surface area contributed by atoms with Gasteiger partial charge in [-0.2, -0.15) is 0 Å². The van der Waals surface area contributed by atoms with Crippen LogP contribution in [0.4, 0.5) is 18.9 Å². The minimum atomic E-state index is -5.13. The van der Waals surface area contributed by atoms with Gasteiger partial charge in [-0.1, -0.05) is 0 Å². The molecule has 0 radical (unpaired) electrons. The van der Waals surface area contributed by atoms with Gasteiger partial charge in [0.15, 0.2) is 0 Å². The summed E-state index contributed by atoms with van der Waals surface area (Å²) in [4.78, 5) is 22.7. The Morgan fingerprint density at radius 2 is 2.12 bits per heavy atom. The lowest BCUT2D eigenvalue weighted by Crippen LogP contribution is -2.25. The number of H-pyrrole nitrogens is 1. The van der Waals surface area contributed by atoms with E-state index in [9.17, 15) is 28.1 Å². The topological polar surface area (TPSA) is 111 Å². The number of aromatic nitrogens is 1. The molecule has 0 aliphatic carbocycles. The van der Waals surface area contributed by atoms with E-state index in [2.05, 4.69) is 9.72 Å². The van der Waals surface area contributed by atoms with E-state index in [-0.39, 0.29) is 5.69 Å². The van der Waals surface area contributed by atoms with Gasteiger partial charge in [0, 0.05) is 6.54 Å². The second kappa shape index (κ2) is 4.41. The fraction of sp³-hybridized carbons (Fsp3) is 0.286. The molecule has 1 rings (SSSR count). The summed E-state index contributed by atoms with van der Waals surface area (Å²) in [6.45, 7) is -0.460. The summed E-state index contributed by atoms with van der Waals surface area (Å²) in [6.07, 6.45) is -4.47. The summed E-state index contributed by atoms with van der Waals surface area (Å²) >= 11 is 0. The van der Waals surface area contributed by atoms with E-state index in [1.807, 2.05) is 0 Å². The van der Waals surface area contributed by atoms with E-state index in [0.717, 1.165) is 0 Å². The van der Waals surface area contributed by atoms with Crippen LogP contribution in [-0.4, -0.2) is 16.3 Å². The van der Waals surface area contributed by atoms with Crippen LogP contribution < -0.4 is 15.9 Å². The van der Waals surface area contributed by atoms with E-state index < -0.39 is 34.7 Å². The number of nitrogens with zero attached hydrogens (tertiary/aromatic N) is 1. The van der Waals surface area contributed by atoms with Crippen LogP contribution in [0.2, 0.25) is 0 Å². The van der Waals surface area contributed by atoms with E-state index in [1.54, 1.807) is 0 Å². The summed E-state index contributed by atoms with van der Waals surface area (Å²) in [7, 11) is 0. The standard InChI is InChI=1S/C7H6F3N3O4/c8-7(9,10)17-6-3(1-11)12-2-4(5(6)14)13(15)16/h2H,1,11H2,(H,12,14). The molecule has 1 aromatic rings. The third-order valence-electron chi connectivity index (χ3n) is 1.71. The molecule has 1 heterocycles. The first-order valence-electron chi connectivity index (χ1n) is 4.11. The van der Waals surface area contributed by atoms with Crippen LogP contribution in [0.15, 0.2) is 11.0 Å². The van der Waals surface area contributed by atoms with E-state index >= 15 is 0 Å². The minimum absolute atomic E-state index is 0.377. The number of pyridine rings is 1. The molecule has 1 aromatic heterocycles. The number of nitrogens with two attached hydrogens (primary N) is 1. The third kappa shape index (κ3) is 2.93. The highest BCUT2D eigenvalue weighted by molar-refractivity contribution is 5.39. The van der Waals surface area contributed by atoms with Crippen LogP contribution in [0.25, 0.3) is 0 Å².